The molecule has 1 unspecified atom stereocenters. The average Bonchev–Trinajstić information content (AvgIpc) is 2.10. The third-order valence-electron chi connectivity index (χ3n) is 2.04. The molecule has 90 valence electrons. The van der Waals surface area contributed by atoms with Gasteiger partial charge in [0.2, 0.25) is 5.91 Å². The van der Waals surface area contributed by atoms with Crippen molar-refractivity contribution in [3.63, 3.8) is 0 Å². The van der Waals surface area contributed by atoms with E-state index in [1.54, 1.807) is 14.0 Å². The molecule has 6 heteroatoms. The number of halogens is 3. The lowest BCUT2D eigenvalue weighted by Crippen LogP contribution is -2.40. The van der Waals surface area contributed by atoms with E-state index in [2.05, 4.69) is 5.32 Å². The number of amides is 1. The van der Waals surface area contributed by atoms with Gasteiger partial charge in [-0.25, -0.2) is 0 Å². The fourth-order valence-corrected chi connectivity index (χ4v) is 0.992. The van der Waals surface area contributed by atoms with Gasteiger partial charge in [-0.05, 0) is 13.8 Å². The first-order valence-corrected chi connectivity index (χ1v) is 4.80. The van der Waals surface area contributed by atoms with Crippen LogP contribution in [0.1, 0.15) is 20.3 Å². The summed E-state index contributed by atoms with van der Waals surface area (Å²) in [5.74, 6) is -0.202. The lowest BCUT2D eigenvalue weighted by atomic mass is 10.2. The summed E-state index contributed by atoms with van der Waals surface area (Å²) in [5.41, 5.74) is 0. The minimum absolute atomic E-state index is 0.0540. The lowest BCUT2D eigenvalue weighted by Gasteiger charge is -2.18. The largest absolute Gasteiger partial charge is 0.390 e. The molecule has 1 atom stereocenters. The van der Waals surface area contributed by atoms with Crippen molar-refractivity contribution in [2.75, 3.05) is 20.1 Å². The van der Waals surface area contributed by atoms with Crippen molar-refractivity contribution in [2.24, 2.45) is 0 Å². The third-order valence-corrected chi connectivity index (χ3v) is 2.04. The van der Waals surface area contributed by atoms with Crippen molar-refractivity contribution >= 4 is 5.91 Å². The van der Waals surface area contributed by atoms with Gasteiger partial charge in [0.1, 0.15) is 0 Å². The highest BCUT2D eigenvalue weighted by molar-refractivity contribution is 5.77. The maximum atomic E-state index is 11.9. The van der Waals surface area contributed by atoms with Crippen LogP contribution in [0.2, 0.25) is 0 Å². The Hall–Kier alpha value is -0.780. The first-order valence-electron chi connectivity index (χ1n) is 4.80. The van der Waals surface area contributed by atoms with Gasteiger partial charge in [0, 0.05) is 19.6 Å². The highest BCUT2D eigenvalue weighted by Gasteiger charge is 2.29. The average molecular weight is 226 g/mol. The molecular formula is C9H17F3N2O. The van der Waals surface area contributed by atoms with E-state index in [1.807, 2.05) is 0 Å². The second-order valence-corrected chi connectivity index (χ2v) is 3.51. The molecule has 0 aromatic rings. The van der Waals surface area contributed by atoms with Gasteiger partial charge in [-0.15, -0.1) is 0 Å². The van der Waals surface area contributed by atoms with E-state index >= 15 is 0 Å². The predicted molar refractivity (Wildman–Crippen MR) is 51.4 cm³/mol. The predicted octanol–water partition coefficient (Wildman–Crippen LogP) is 1.40. The Morgan fingerprint density at radius 3 is 2.40 bits per heavy atom. The van der Waals surface area contributed by atoms with Crippen LogP contribution in [-0.4, -0.2) is 43.2 Å². The van der Waals surface area contributed by atoms with Crippen LogP contribution in [0.3, 0.4) is 0 Å². The monoisotopic (exact) mass is 226 g/mol. The summed E-state index contributed by atoms with van der Waals surface area (Å²) >= 11 is 0. The van der Waals surface area contributed by atoms with Crippen molar-refractivity contribution in [1.29, 1.82) is 0 Å². The van der Waals surface area contributed by atoms with Gasteiger partial charge >= 0.3 is 6.18 Å². The van der Waals surface area contributed by atoms with Gasteiger partial charge in [0.05, 0.1) is 13.0 Å². The summed E-state index contributed by atoms with van der Waals surface area (Å²) in [4.78, 5) is 12.7. The van der Waals surface area contributed by atoms with E-state index < -0.39 is 18.6 Å². The molecule has 0 aliphatic heterocycles. The van der Waals surface area contributed by atoms with Crippen LogP contribution < -0.4 is 5.32 Å². The second kappa shape index (κ2) is 5.95. The van der Waals surface area contributed by atoms with E-state index in [4.69, 9.17) is 0 Å². The van der Waals surface area contributed by atoms with Crippen LogP contribution in [0, 0.1) is 0 Å². The topological polar surface area (TPSA) is 32.3 Å². The Morgan fingerprint density at radius 1 is 1.47 bits per heavy atom. The van der Waals surface area contributed by atoms with Gasteiger partial charge in [-0.1, -0.05) is 0 Å². The van der Waals surface area contributed by atoms with Gasteiger partial charge < -0.3 is 10.2 Å². The number of rotatable bonds is 5. The molecule has 0 aliphatic carbocycles. The third kappa shape index (κ3) is 7.18. The van der Waals surface area contributed by atoms with E-state index in [1.165, 1.54) is 11.8 Å². The Kier molecular flexibility index (Phi) is 5.64. The SMILES string of the molecule is CCN(C)C(=O)CNC(C)CC(F)(F)F. The minimum Gasteiger partial charge on any atom is -0.345 e. The van der Waals surface area contributed by atoms with E-state index in [-0.39, 0.29) is 12.5 Å². The summed E-state index contributed by atoms with van der Waals surface area (Å²) in [7, 11) is 1.61. The zero-order chi connectivity index (χ0) is 12.1. The molecule has 0 radical (unpaired) electrons. The quantitative estimate of drug-likeness (QED) is 0.768. The number of alkyl halides is 3. The molecule has 0 heterocycles. The standard InChI is InChI=1S/C9H17F3N2O/c1-4-14(3)8(15)6-13-7(2)5-9(10,11)12/h7,13H,4-6H2,1-3H3. The van der Waals surface area contributed by atoms with Crippen LogP contribution in [0.25, 0.3) is 0 Å². The number of likely N-dealkylation sites (N-methyl/N-ethyl adjacent to an activating group) is 1. The fourth-order valence-electron chi connectivity index (χ4n) is 0.992. The molecular weight excluding hydrogens is 209 g/mol. The lowest BCUT2D eigenvalue weighted by molar-refractivity contribution is -0.140. The van der Waals surface area contributed by atoms with Crippen molar-refractivity contribution in [2.45, 2.75) is 32.5 Å². The summed E-state index contributed by atoms with van der Waals surface area (Å²) < 4.78 is 35.8. The Morgan fingerprint density at radius 2 is 2.00 bits per heavy atom. The number of nitrogens with zero attached hydrogens (tertiary/aromatic N) is 1. The van der Waals surface area contributed by atoms with Crippen LogP contribution >= 0.6 is 0 Å². The first kappa shape index (κ1) is 14.2. The molecule has 0 spiro atoms. The zero-order valence-electron chi connectivity index (χ0n) is 9.19. The van der Waals surface area contributed by atoms with Gasteiger partial charge in [-0.2, -0.15) is 13.2 Å². The summed E-state index contributed by atoms with van der Waals surface area (Å²) in [6, 6.07) is -0.737. The Labute approximate surface area is 87.6 Å². The summed E-state index contributed by atoms with van der Waals surface area (Å²) in [5, 5.41) is 2.54. The highest BCUT2D eigenvalue weighted by Crippen LogP contribution is 2.21. The molecule has 0 aromatic carbocycles. The molecule has 1 amide bonds. The molecule has 0 aliphatic rings. The van der Waals surface area contributed by atoms with Crippen LogP contribution in [0.15, 0.2) is 0 Å². The summed E-state index contributed by atoms with van der Waals surface area (Å²) in [6.07, 6.45) is -5.11. The van der Waals surface area contributed by atoms with E-state index in [9.17, 15) is 18.0 Å². The number of nitrogens with one attached hydrogen (secondary N) is 1. The van der Waals surface area contributed by atoms with Crippen molar-refractivity contribution in [3.05, 3.63) is 0 Å². The van der Waals surface area contributed by atoms with Crippen LogP contribution in [0.5, 0.6) is 0 Å². The summed E-state index contributed by atoms with van der Waals surface area (Å²) in [6.45, 7) is 3.71. The normalized spacial score (nSPS) is 13.7. The van der Waals surface area contributed by atoms with Crippen molar-refractivity contribution in [3.8, 4) is 0 Å². The smallest absolute Gasteiger partial charge is 0.345 e. The van der Waals surface area contributed by atoms with Crippen molar-refractivity contribution in [1.82, 2.24) is 10.2 Å². The number of carbonyl (C=O) groups excluding carboxylic acids is 1. The van der Waals surface area contributed by atoms with E-state index in [0.29, 0.717) is 6.54 Å². The second-order valence-electron chi connectivity index (χ2n) is 3.51. The molecule has 0 aromatic heterocycles. The molecule has 15 heavy (non-hydrogen) atoms. The first-order chi connectivity index (χ1) is 6.76. The molecule has 3 nitrogen and oxygen atoms in total. The maximum Gasteiger partial charge on any atom is 0.390 e. The minimum atomic E-state index is -4.19. The highest BCUT2D eigenvalue weighted by atomic mass is 19.4. The zero-order valence-corrected chi connectivity index (χ0v) is 9.19. The van der Waals surface area contributed by atoms with Crippen LogP contribution in [-0.2, 0) is 4.79 Å². The van der Waals surface area contributed by atoms with Crippen molar-refractivity contribution < 1.29 is 18.0 Å². The van der Waals surface area contributed by atoms with E-state index in [0.717, 1.165) is 0 Å². The van der Waals surface area contributed by atoms with Gasteiger partial charge in [-0.3, -0.25) is 4.79 Å². The molecule has 0 saturated carbocycles. The number of carbonyl (C=O) groups is 1. The molecule has 0 bridgehead atoms. The molecule has 0 saturated heterocycles. The van der Waals surface area contributed by atoms with Gasteiger partial charge in [0.25, 0.3) is 0 Å². The number of hydrogen-bond acceptors (Lipinski definition) is 2. The fraction of sp³-hybridized carbons (Fsp3) is 0.889. The Bertz CT molecular complexity index is 206. The molecule has 0 rings (SSSR count). The maximum absolute atomic E-state index is 11.9. The molecule has 0 fully saturated rings. The van der Waals surface area contributed by atoms with Gasteiger partial charge in [0.15, 0.2) is 0 Å². The Balaban J connectivity index is 3.81. The molecule has 1 N–H and O–H groups in total. The van der Waals surface area contributed by atoms with Crippen LogP contribution in [0.4, 0.5) is 13.2 Å². The number of hydrogen-bond donors (Lipinski definition) is 1.